The summed E-state index contributed by atoms with van der Waals surface area (Å²) in [6.07, 6.45) is 1.09. The van der Waals surface area contributed by atoms with Crippen LogP contribution in [0.3, 0.4) is 0 Å². The van der Waals surface area contributed by atoms with Crippen LogP contribution in [-0.2, 0) is 4.74 Å². The lowest BCUT2D eigenvalue weighted by molar-refractivity contribution is 0.158. The Kier molecular flexibility index (Phi) is 4.65. The van der Waals surface area contributed by atoms with E-state index < -0.39 is 6.09 Å². The fourth-order valence-electron chi connectivity index (χ4n) is 1.05. The van der Waals surface area contributed by atoms with E-state index in [4.69, 9.17) is 12.2 Å². The van der Waals surface area contributed by atoms with Crippen molar-refractivity contribution in [1.82, 2.24) is 10.3 Å². The molecule has 0 saturated heterocycles. The van der Waals surface area contributed by atoms with Gasteiger partial charge >= 0.3 is 6.09 Å². The third kappa shape index (κ3) is 4.22. The second-order valence-corrected chi connectivity index (χ2v) is 3.39. The van der Waals surface area contributed by atoms with E-state index in [1.54, 1.807) is 19.2 Å². The van der Waals surface area contributed by atoms with Gasteiger partial charge in [0.15, 0.2) is 5.11 Å². The van der Waals surface area contributed by atoms with Crippen LogP contribution in [0.15, 0.2) is 18.3 Å². The number of amides is 1. The monoisotopic (exact) mass is 239 g/mol. The predicted molar refractivity (Wildman–Crippen MR) is 65.4 cm³/mol. The minimum atomic E-state index is -0.564. The third-order valence-corrected chi connectivity index (χ3v) is 1.85. The zero-order valence-electron chi connectivity index (χ0n) is 9.11. The smallest absolute Gasteiger partial charge is 0.413 e. The standard InChI is InChI=1S/C10H13N3O2S/c1-3-15-10(14)13-9(16)12-8-4-5-11-7(2)6-8/h4-6H,3H2,1-2H3,(H2,11,12,13,14,16). The number of thiocarbonyl (C=S) groups is 1. The van der Waals surface area contributed by atoms with E-state index in [2.05, 4.69) is 20.4 Å². The molecule has 0 bridgehead atoms. The molecule has 0 spiro atoms. The van der Waals surface area contributed by atoms with Crippen molar-refractivity contribution in [2.75, 3.05) is 11.9 Å². The van der Waals surface area contributed by atoms with Crippen molar-refractivity contribution in [2.24, 2.45) is 0 Å². The van der Waals surface area contributed by atoms with Gasteiger partial charge in [-0.25, -0.2) is 4.79 Å². The van der Waals surface area contributed by atoms with Gasteiger partial charge in [-0.2, -0.15) is 0 Å². The fourth-order valence-corrected chi connectivity index (χ4v) is 1.25. The van der Waals surface area contributed by atoms with Gasteiger partial charge in [0.25, 0.3) is 0 Å². The molecule has 0 aliphatic rings. The average molecular weight is 239 g/mol. The molecule has 2 N–H and O–H groups in total. The number of nitrogens with zero attached hydrogens (tertiary/aromatic N) is 1. The van der Waals surface area contributed by atoms with Gasteiger partial charge in [0.05, 0.1) is 6.61 Å². The molecule has 16 heavy (non-hydrogen) atoms. The summed E-state index contributed by atoms with van der Waals surface area (Å²) in [5.41, 5.74) is 1.64. The summed E-state index contributed by atoms with van der Waals surface area (Å²) < 4.78 is 4.68. The van der Waals surface area contributed by atoms with Crippen molar-refractivity contribution < 1.29 is 9.53 Å². The number of carbonyl (C=O) groups is 1. The number of hydrogen-bond acceptors (Lipinski definition) is 4. The van der Waals surface area contributed by atoms with Crippen LogP contribution in [0.2, 0.25) is 0 Å². The van der Waals surface area contributed by atoms with Crippen molar-refractivity contribution >= 4 is 29.1 Å². The molecular formula is C10H13N3O2S. The van der Waals surface area contributed by atoms with Gasteiger partial charge in [-0.1, -0.05) is 0 Å². The number of pyridine rings is 1. The molecule has 0 radical (unpaired) electrons. The van der Waals surface area contributed by atoms with Crippen molar-refractivity contribution in [3.8, 4) is 0 Å². The van der Waals surface area contributed by atoms with Gasteiger partial charge in [-0.05, 0) is 38.2 Å². The van der Waals surface area contributed by atoms with E-state index in [1.165, 1.54) is 0 Å². The second kappa shape index (κ2) is 6.02. The van der Waals surface area contributed by atoms with Crippen LogP contribution < -0.4 is 10.6 Å². The summed E-state index contributed by atoms with van der Waals surface area (Å²) in [7, 11) is 0. The molecule has 0 atom stereocenters. The van der Waals surface area contributed by atoms with Crippen molar-refractivity contribution in [3.63, 3.8) is 0 Å². The first kappa shape index (κ1) is 12.4. The molecule has 6 heteroatoms. The van der Waals surface area contributed by atoms with Crippen LogP contribution in [0.5, 0.6) is 0 Å². The summed E-state index contributed by atoms with van der Waals surface area (Å²) in [6.45, 7) is 3.90. The zero-order chi connectivity index (χ0) is 12.0. The number of carbonyl (C=O) groups excluding carboxylic acids is 1. The summed E-state index contributed by atoms with van der Waals surface area (Å²) >= 11 is 4.93. The first-order valence-electron chi connectivity index (χ1n) is 4.79. The van der Waals surface area contributed by atoms with Crippen LogP contribution >= 0.6 is 12.2 Å². The van der Waals surface area contributed by atoms with Crippen molar-refractivity contribution in [3.05, 3.63) is 24.0 Å². The number of aromatic nitrogens is 1. The largest absolute Gasteiger partial charge is 0.450 e. The number of hydrogen-bond donors (Lipinski definition) is 2. The maximum absolute atomic E-state index is 11.0. The SMILES string of the molecule is CCOC(=O)NC(=S)Nc1ccnc(C)c1. The lowest BCUT2D eigenvalue weighted by atomic mass is 10.3. The second-order valence-electron chi connectivity index (χ2n) is 2.99. The molecule has 0 aliphatic heterocycles. The third-order valence-electron chi connectivity index (χ3n) is 1.65. The van der Waals surface area contributed by atoms with Crippen LogP contribution in [-0.4, -0.2) is 22.8 Å². The predicted octanol–water partition coefficient (Wildman–Crippen LogP) is 1.83. The maximum Gasteiger partial charge on any atom is 0.413 e. The Hall–Kier alpha value is -1.69. The molecule has 1 amide bonds. The van der Waals surface area contributed by atoms with Crippen molar-refractivity contribution in [1.29, 1.82) is 0 Å². The summed E-state index contributed by atoms with van der Waals surface area (Å²) in [6, 6.07) is 3.57. The molecule has 0 aromatic carbocycles. The molecule has 86 valence electrons. The number of anilines is 1. The van der Waals surface area contributed by atoms with Gasteiger partial charge in [0.2, 0.25) is 0 Å². The van der Waals surface area contributed by atoms with E-state index in [0.29, 0.717) is 6.61 Å². The van der Waals surface area contributed by atoms with Crippen LogP contribution in [0.4, 0.5) is 10.5 Å². The Morgan fingerprint density at radius 2 is 2.38 bits per heavy atom. The maximum atomic E-state index is 11.0. The molecule has 5 nitrogen and oxygen atoms in total. The summed E-state index contributed by atoms with van der Waals surface area (Å²) in [5.74, 6) is 0. The molecule has 1 rings (SSSR count). The number of alkyl carbamates (subject to hydrolysis) is 1. The molecule has 1 aromatic rings. The lowest BCUT2D eigenvalue weighted by Gasteiger charge is -2.09. The first-order valence-corrected chi connectivity index (χ1v) is 5.20. The van der Waals surface area contributed by atoms with Gasteiger partial charge in [0.1, 0.15) is 0 Å². The highest BCUT2D eigenvalue weighted by molar-refractivity contribution is 7.80. The minimum Gasteiger partial charge on any atom is -0.450 e. The highest BCUT2D eigenvalue weighted by atomic mass is 32.1. The van der Waals surface area contributed by atoms with Crippen LogP contribution in [0.1, 0.15) is 12.6 Å². The van der Waals surface area contributed by atoms with Crippen LogP contribution in [0.25, 0.3) is 0 Å². The highest BCUT2D eigenvalue weighted by Gasteiger charge is 2.04. The van der Waals surface area contributed by atoms with Crippen LogP contribution in [0, 0.1) is 6.92 Å². The zero-order valence-corrected chi connectivity index (χ0v) is 9.93. The molecule has 0 unspecified atom stereocenters. The lowest BCUT2D eigenvalue weighted by Crippen LogP contribution is -2.34. The Morgan fingerprint density at radius 1 is 1.62 bits per heavy atom. The van der Waals surface area contributed by atoms with Gasteiger partial charge in [-0.15, -0.1) is 0 Å². The quantitative estimate of drug-likeness (QED) is 0.771. The summed E-state index contributed by atoms with van der Waals surface area (Å²) in [4.78, 5) is 15.1. The summed E-state index contributed by atoms with van der Waals surface area (Å²) in [5, 5.41) is 5.44. The van der Waals surface area contributed by atoms with E-state index >= 15 is 0 Å². The fraction of sp³-hybridized carbons (Fsp3) is 0.300. The molecule has 1 aromatic heterocycles. The number of nitrogens with one attached hydrogen (secondary N) is 2. The number of rotatable bonds is 2. The normalized spacial score (nSPS) is 9.38. The average Bonchev–Trinajstić information content (AvgIpc) is 2.17. The number of aryl methyl sites for hydroxylation is 1. The Bertz CT molecular complexity index is 395. The molecule has 1 heterocycles. The first-order chi connectivity index (χ1) is 7.61. The Morgan fingerprint density at radius 3 is 3.00 bits per heavy atom. The minimum absolute atomic E-state index is 0.198. The van der Waals surface area contributed by atoms with Gasteiger partial charge in [-0.3, -0.25) is 10.3 Å². The van der Waals surface area contributed by atoms with E-state index in [1.807, 2.05) is 13.0 Å². The molecular weight excluding hydrogens is 226 g/mol. The van der Waals surface area contributed by atoms with E-state index in [-0.39, 0.29) is 5.11 Å². The highest BCUT2D eigenvalue weighted by Crippen LogP contribution is 2.06. The van der Waals surface area contributed by atoms with E-state index in [9.17, 15) is 4.79 Å². The topological polar surface area (TPSA) is 63.2 Å². The Balaban J connectivity index is 2.48. The van der Waals surface area contributed by atoms with Gasteiger partial charge < -0.3 is 10.1 Å². The molecule has 0 aliphatic carbocycles. The molecule has 0 fully saturated rings. The van der Waals surface area contributed by atoms with E-state index in [0.717, 1.165) is 11.4 Å². The number of ether oxygens (including phenoxy) is 1. The van der Waals surface area contributed by atoms with Crippen molar-refractivity contribution in [2.45, 2.75) is 13.8 Å². The van der Waals surface area contributed by atoms with Gasteiger partial charge in [0, 0.05) is 17.6 Å². The Labute approximate surface area is 99.2 Å². The molecule has 0 saturated carbocycles.